The number of oxime groups is 1. The fraction of sp³-hybridized carbons (Fsp3) is 0.235. The predicted molar refractivity (Wildman–Crippen MR) is 81.8 cm³/mol. The van der Waals surface area contributed by atoms with Crippen LogP contribution in [0.5, 0.6) is 0 Å². The molecule has 0 spiro atoms. The average Bonchev–Trinajstić information content (AvgIpc) is 2.94. The monoisotopic (exact) mass is 294 g/mol. The van der Waals surface area contributed by atoms with Gasteiger partial charge in [0.25, 0.3) is 5.69 Å². The Labute approximate surface area is 127 Å². The van der Waals surface area contributed by atoms with E-state index in [9.17, 15) is 10.1 Å². The van der Waals surface area contributed by atoms with Crippen molar-refractivity contribution in [1.29, 1.82) is 0 Å². The molecule has 4 rings (SSSR count). The third kappa shape index (κ3) is 1.68. The van der Waals surface area contributed by atoms with Crippen LogP contribution in [0.1, 0.15) is 18.1 Å². The molecule has 0 N–H and O–H groups in total. The molecule has 2 aliphatic rings. The molecule has 0 saturated heterocycles. The molecular formula is C17H14N2O3. The summed E-state index contributed by atoms with van der Waals surface area (Å²) in [6, 6.07) is 16.8. The van der Waals surface area contributed by atoms with Crippen molar-refractivity contribution in [2.24, 2.45) is 11.1 Å². The Hall–Kier alpha value is -2.69. The Morgan fingerprint density at radius 1 is 1.14 bits per heavy atom. The van der Waals surface area contributed by atoms with Crippen LogP contribution in [0.2, 0.25) is 0 Å². The summed E-state index contributed by atoms with van der Waals surface area (Å²) < 4.78 is 0. The molecule has 0 aromatic heterocycles. The van der Waals surface area contributed by atoms with Gasteiger partial charge in [0, 0.05) is 23.1 Å². The van der Waals surface area contributed by atoms with Crippen molar-refractivity contribution in [2.75, 3.05) is 0 Å². The van der Waals surface area contributed by atoms with Gasteiger partial charge in [0.05, 0.1) is 16.6 Å². The molecule has 0 amide bonds. The molecule has 1 saturated carbocycles. The molecule has 1 heterocycles. The van der Waals surface area contributed by atoms with E-state index in [1.165, 1.54) is 17.7 Å². The SMILES string of the molecule is C[C@@]1(c2ccccc2)[C@H]2ON=C(c3ccc([N+](=O)[O-])cc3)[C@@H]21. The molecule has 2 aromatic carbocycles. The van der Waals surface area contributed by atoms with E-state index < -0.39 is 4.92 Å². The average molecular weight is 294 g/mol. The zero-order valence-corrected chi connectivity index (χ0v) is 12.0. The minimum absolute atomic E-state index is 0.0556. The van der Waals surface area contributed by atoms with Crippen LogP contribution >= 0.6 is 0 Å². The van der Waals surface area contributed by atoms with Crippen molar-refractivity contribution in [3.8, 4) is 0 Å². The molecule has 2 aromatic rings. The maximum atomic E-state index is 10.7. The van der Waals surface area contributed by atoms with Crippen molar-refractivity contribution >= 4 is 11.4 Å². The van der Waals surface area contributed by atoms with Gasteiger partial charge in [-0.2, -0.15) is 0 Å². The minimum atomic E-state index is -0.398. The number of benzene rings is 2. The van der Waals surface area contributed by atoms with Gasteiger partial charge in [-0.15, -0.1) is 0 Å². The summed E-state index contributed by atoms with van der Waals surface area (Å²) >= 11 is 0. The zero-order chi connectivity index (χ0) is 15.3. The smallest absolute Gasteiger partial charge is 0.269 e. The van der Waals surface area contributed by atoms with E-state index in [-0.39, 0.29) is 23.1 Å². The fourth-order valence-electron chi connectivity index (χ4n) is 3.37. The summed E-state index contributed by atoms with van der Waals surface area (Å²) in [5.74, 6) is 0.205. The number of non-ortho nitro benzene ring substituents is 1. The van der Waals surface area contributed by atoms with E-state index in [1.807, 2.05) is 18.2 Å². The van der Waals surface area contributed by atoms with E-state index in [0.717, 1.165) is 11.3 Å². The molecule has 0 radical (unpaired) electrons. The molecule has 5 heteroatoms. The van der Waals surface area contributed by atoms with Gasteiger partial charge in [-0.05, 0) is 17.7 Å². The first-order valence-corrected chi connectivity index (χ1v) is 7.16. The molecule has 1 aliphatic heterocycles. The van der Waals surface area contributed by atoms with E-state index in [2.05, 4.69) is 24.2 Å². The topological polar surface area (TPSA) is 64.7 Å². The molecule has 22 heavy (non-hydrogen) atoms. The second kappa shape index (κ2) is 4.40. The molecule has 1 aliphatic carbocycles. The highest BCUT2D eigenvalue weighted by Gasteiger charge is 2.70. The van der Waals surface area contributed by atoms with Crippen molar-refractivity contribution in [1.82, 2.24) is 0 Å². The van der Waals surface area contributed by atoms with Gasteiger partial charge in [-0.1, -0.05) is 42.4 Å². The normalized spacial score (nSPS) is 28.5. The number of hydrogen-bond acceptors (Lipinski definition) is 4. The zero-order valence-electron chi connectivity index (χ0n) is 12.0. The first-order chi connectivity index (χ1) is 10.6. The van der Waals surface area contributed by atoms with Crippen LogP contribution < -0.4 is 0 Å². The second-order valence-corrected chi connectivity index (χ2v) is 5.93. The van der Waals surface area contributed by atoms with Gasteiger partial charge < -0.3 is 4.84 Å². The van der Waals surface area contributed by atoms with Gasteiger partial charge in [0.15, 0.2) is 0 Å². The molecule has 3 atom stereocenters. The van der Waals surface area contributed by atoms with E-state index in [1.54, 1.807) is 12.1 Å². The second-order valence-electron chi connectivity index (χ2n) is 5.93. The van der Waals surface area contributed by atoms with Crippen molar-refractivity contribution in [2.45, 2.75) is 18.4 Å². The number of fused-ring (bicyclic) bond motifs is 1. The first-order valence-electron chi connectivity index (χ1n) is 7.16. The highest BCUT2D eigenvalue weighted by atomic mass is 16.7. The lowest BCUT2D eigenvalue weighted by atomic mass is 9.92. The molecule has 1 fully saturated rings. The third-order valence-electron chi connectivity index (χ3n) is 4.76. The van der Waals surface area contributed by atoms with E-state index in [4.69, 9.17) is 4.84 Å². The van der Waals surface area contributed by atoms with Crippen LogP contribution in [-0.2, 0) is 10.3 Å². The first kappa shape index (κ1) is 13.0. The number of rotatable bonds is 3. The van der Waals surface area contributed by atoms with Crippen LogP contribution in [0.3, 0.4) is 0 Å². The van der Waals surface area contributed by atoms with Crippen LogP contribution in [-0.4, -0.2) is 16.7 Å². The van der Waals surface area contributed by atoms with E-state index >= 15 is 0 Å². The Morgan fingerprint density at radius 2 is 1.82 bits per heavy atom. The number of hydrogen-bond donors (Lipinski definition) is 0. The standard InChI is InChI=1S/C17H14N2O3/c1-17(12-5-3-2-4-6-12)14-15(18-22-16(14)17)11-7-9-13(10-8-11)19(20)21/h2-10,14,16H,1H3/t14-,16-,17-/m0/s1. The van der Waals surface area contributed by atoms with Crippen LogP contribution in [0.15, 0.2) is 59.8 Å². The summed E-state index contributed by atoms with van der Waals surface area (Å²) in [5.41, 5.74) is 3.02. The fourth-order valence-corrected chi connectivity index (χ4v) is 3.37. The Morgan fingerprint density at radius 3 is 2.45 bits per heavy atom. The number of nitrogens with zero attached hydrogens (tertiary/aromatic N) is 2. The van der Waals surface area contributed by atoms with Gasteiger partial charge in [0.1, 0.15) is 6.10 Å². The third-order valence-corrected chi connectivity index (χ3v) is 4.76. The van der Waals surface area contributed by atoms with Gasteiger partial charge in [-0.25, -0.2) is 0 Å². The molecular weight excluding hydrogens is 280 g/mol. The van der Waals surface area contributed by atoms with Crippen molar-refractivity contribution in [3.63, 3.8) is 0 Å². The number of nitro groups is 1. The quantitative estimate of drug-likeness (QED) is 0.644. The van der Waals surface area contributed by atoms with Crippen molar-refractivity contribution in [3.05, 3.63) is 75.8 Å². The summed E-state index contributed by atoms with van der Waals surface area (Å²) in [6.45, 7) is 2.18. The largest absolute Gasteiger partial charge is 0.391 e. The Balaban J connectivity index is 1.64. The van der Waals surface area contributed by atoms with Crippen molar-refractivity contribution < 1.29 is 9.76 Å². The number of nitro benzene ring substituents is 1. The molecule has 0 unspecified atom stereocenters. The Bertz CT molecular complexity index is 770. The van der Waals surface area contributed by atoms with Gasteiger partial charge >= 0.3 is 0 Å². The maximum Gasteiger partial charge on any atom is 0.269 e. The predicted octanol–water partition coefficient (Wildman–Crippen LogP) is 3.29. The van der Waals surface area contributed by atoms with Crippen LogP contribution in [0.4, 0.5) is 5.69 Å². The lowest BCUT2D eigenvalue weighted by Gasteiger charge is -2.14. The van der Waals surface area contributed by atoms with Gasteiger partial charge in [-0.3, -0.25) is 10.1 Å². The highest BCUT2D eigenvalue weighted by molar-refractivity contribution is 6.07. The summed E-state index contributed by atoms with van der Waals surface area (Å²) in [7, 11) is 0. The van der Waals surface area contributed by atoms with Crippen LogP contribution in [0.25, 0.3) is 0 Å². The summed E-state index contributed by atoms with van der Waals surface area (Å²) in [5, 5.41) is 14.9. The maximum absolute atomic E-state index is 10.7. The molecule has 110 valence electrons. The highest BCUT2D eigenvalue weighted by Crippen LogP contribution is 2.60. The lowest BCUT2D eigenvalue weighted by molar-refractivity contribution is -0.384. The lowest BCUT2D eigenvalue weighted by Crippen LogP contribution is -2.15. The summed E-state index contributed by atoms with van der Waals surface area (Å²) in [4.78, 5) is 15.9. The van der Waals surface area contributed by atoms with E-state index in [0.29, 0.717) is 0 Å². The molecule has 5 nitrogen and oxygen atoms in total. The van der Waals surface area contributed by atoms with Crippen LogP contribution in [0, 0.1) is 16.0 Å². The van der Waals surface area contributed by atoms with Gasteiger partial charge in [0.2, 0.25) is 0 Å². The Kier molecular flexibility index (Phi) is 2.60. The minimum Gasteiger partial charge on any atom is -0.391 e. The molecule has 0 bridgehead atoms. The summed E-state index contributed by atoms with van der Waals surface area (Å²) in [6.07, 6.45) is 0.0556.